The minimum absolute atomic E-state index is 0.153. The number of likely N-dealkylation sites (N-methyl/N-ethyl adjacent to an activating group) is 1. The van der Waals surface area contributed by atoms with Crippen molar-refractivity contribution in [1.29, 1.82) is 5.26 Å². The highest BCUT2D eigenvalue weighted by atomic mass is 32.1. The molecule has 0 unspecified atom stereocenters. The SMILES string of the molecule is CCN1C(=O)/C(=C/c2ccc(OCc3ccccc3C#N)c(OC)c2)NC1=S. The number of carbonyl (C=O) groups excluding carboxylic acids is 1. The fraction of sp³-hybridized carbons (Fsp3) is 0.190. The zero-order valence-electron chi connectivity index (χ0n) is 15.6. The molecule has 1 aliphatic rings. The molecule has 0 bridgehead atoms. The molecule has 6 nitrogen and oxygen atoms in total. The zero-order valence-corrected chi connectivity index (χ0v) is 16.4. The molecule has 0 aromatic heterocycles. The predicted octanol–water partition coefficient (Wildman–Crippen LogP) is 3.22. The summed E-state index contributed by atoms with van der Waals surface area (Å²) in [6.45, 7) is 2.64. The quantitative estimate of drug-likeness (QED) is 0.600. The Morgan fingerprint density at radius 1 is 1.25 bits per heavy atom. The van der Waals surface area contributed by atoms with Crippen molar-refractivity contribution in [2.45, 2.75) is 13.5 Å². The first-order valence-corrected chi connectivity index (χ1v) is 9.11. The van der Waals surface area contributed by atoms with Crippen LogP contribution >= 0.6 is 12.2 Å². The first kappa shape index (κ1) is 19.4. The fourth-order valence-corrected chi connectivity index (χ4v) is 3.15. The van der Waals surface area contributed by atoms with E-state index in [1.54, 1.807) is 31.4 Å². The number of rotatable bonds is 6. The number of hydrogen-bond donors (Lipinski definition) is 1. The Labute approximate surface area is 169 Å². The van der Waals surface area contributed by atoms with Crippen LogP contribution in [0.15, 0.2) is 48.2 Å². The molecule has 1 N–H and O–H groups in total. The first-order valence-electron chi connectivity index (χ1n) is 8.70. The van der Waals surface area contributed by atoms with Gasteiger partial charge in [0, 0.05) is 12.1 Å². The van der Waals surface area contributed by atoms with Crippen LogP contribution in [0.25, 0.3) is 6.08 Å². The smallest absolute Gasteiger partial charge is 0.276 e. The van der Waals surface area contributed by atoms with E-state index in [0.29, 0.717) is 34.4 Å². The Morgan fingerprint density at radius 3 is 2.71 bits per heavy atom. The molecule has 142 valence electrons. The maximum atomic E-state index is 12.3. The summed E-state index contributed by atoms with van der Waals surface area (Å²) < 4.78 is 11.3. The van der Waals surface area contributed by atoms with Gasteiger partial charge in [-0.2, -0.15) is 5.26 Å². The van der Waals surface area contributed by atoms with Crippen molar-refractivity contribution in [3.05, 3.63) is 64.9 Å². The van der Waals surface area contributed by atoms with Crippen LogP contribution in [0.3, 0.4) is 0 Å². The molecule has 0 aliphatic carbocycles. The number of amides is 1. The minimum Gasteiger partial charge on any atom is -0.493 e. The molecule has 1 heterocycles. The summed E-state index contributed by atoms with van der Waals surface area (Å²) in [6.07, 6.45) is 1.72. The largest absolute Gasteiger partial charge is 0.493 e. The average Bonchev–Trinajstić information content (AvgIpc) is 2.99. The molecule has 1 aliphatic heterocycles. The van der Waals surface area contributed by atoms with E-state index in [9.17, 15) is 10.1 Å². The van der Waals surface area contributed by atoms with Crippen molar-refractivity contribution < 1.29 is 14.3 Å². The van der Waals surface area contributed by atoms with Crippen LogP contribution < -0.4 is 14.8 Å². The molecular weight excluding hydrogens is 374 g/mol. The third-order valence-electron chi connectivity index (χ3n) is 4.30. The number of nitrogens with zero attached hydrogens (tertiary/aromatic N) is 2. The maximum Gasteiger partial charge on any atom is 0.276 e. The molecule has 0 atom stereocenters. The summed E-state index contributed by atoms with van der Waals surface area (Å²) >= 11 is 5.17. The van der Waals surface area contributed by atoms with Gasteiger partial charge in [0.2, 0.25) is 0 Å². The molecule has 1 fully saturated rings. The third-order valence-corrected chi connectivity index (χ3v) is 4.62. The van der Waals surface area contributed by atoms with Crippen molar-refractivity contribution in [1.82, 2.24) is 10.2 Å². The van der Waals surface area contributed by atoms with Gasteiger partial charge in [0.25, 0.3) is 5.91 Å². The van der Waals surface area contributed by atoms with Gasteiger partial charge in [-0.25, -0.2) is 0 Å². The van der Waals surface area contributed by atoms with E-state index >= 15 is 0 Å². The van der Waals surface area contributed by atoms with Crippen LogP contribution in [0.1, 0.15) is 23.6 Å². The summed E-state index contributed by atoms with van der Waals surface area (Å²) in [5, 5.41) is 12.5. The van der Waals surface area contributed by atoms with E-state index in [2.05, 4.69) is 11.4 Å². The van der Waals surface area contributed by atoms with Gasteiger partial charge < -0.3 is 14.8 Å². The molecule has 2 aromatic carbocycles. The number of thiocarbonyl (C=S) groups is 1. The third kappa shape index (κ3) is 3.97. The lowest BCUT2D eigenvalue weighted by atomic mass is 10.1. The molecule has 2 aromatic rings. The van der Waals surface area contributed by atoms with Crippen LogP contribution in [0, 0.1) is 11.3 Å². The van der Waals surface area contributed by atoms with E-state index in [1.165, 1.54) is 4.90 Å². The van der Waals surface area contributed by atoms with Crippen molar-refractivity contribution in [3.8, 4) is 17.6 Å². The van der Waals surface area contributed by atoms with E-state index in [0.717, 1.165) is 11.1 Å². The average molecular weight is 393 g/mol. The van der Waals surface area contributed by atoms with Crippen LogP contribution in [0.2, 0.25) is 0 Å². The Kier molecular flexibility index (Phi) is 5.92. The monoisotopic (exact) mass is 393 g/mol. The normalized spacial score (nSPS) is 14.8. The van der Waals surface area contributed by atoms with Crippen molar-refractivity contribution >= 4 is 29.3 Å². The Morgan fingerprint density at radius 2 is 2.04 bits per heavy atom. The van der Waals surface area contributed by atoms with Gasteiger partial charge in [-0.1, -0.05) is 24.3 Å². The molecule has 0 saturated carbocycles. The second-order valence-electron chi connectivity index (χ2n) is 6.01. The standard InChI is InChI=1S/C21H19N3O3S/c1-3-24-20(25)17(23-21(24)28)10-14-8-9-18(19(11-14)26-2)27-13-16-7-5-4-6-15(16)12-22/h4-11H,3,13H2,1-2H3,(H,23,28)/b17-10-. The first-order chi connectivity index (χ1) is 13.6. The summed E-state index contributed by atoms with van der Waals surface area (Å²) in [6, 6.07) is 14.8. The number of carbonyl (C=O) groups is 1. The molecule has 7 heteroatoms. The molecule has 1 saturated heterocycles. The summed E-state index contributed by atoms with van der Waals surface area (Å²) in [7, 11) is 1.55. The lowest BCUT2D eigenvalue weighted by Crippen LogP contribution is -2.30. The Bertz CT molecular complexity index is 995. The van der Waals surface area contributed by atoms with Crippen molar-refractivity contribution in [3.63, 3.8) is 0 Å². The Hall–Kier alpha value is -3.37. The second kappa shape index (κ2) is 8.55. The highest BCUT2D eigenvalue weighted by Gasteiger charge is 2.29. The fourth-order valence-electron chi connectivity index (χ4n) is 2.83. The predicted molar refractivity (Wildman–Crippen MR) is 110 cm³/mol. The second-order valence-corrected chi connectivity index (χ2v) is 6.39. The topological polar surface area (TPSA) is 74.6 Å². The number of benzene rings is 2. The van der Waals surface area contributed by atoms with Gasteiger partial charge >= 0.3 is 0 Å². The molecule has 0 spiro atoms. The lowest BCUT2D eigenvalue weighted by molar-refractivity contribution is -0.122. The summed E-state index contributed by atoms with van der Waals surface area (Å²) in [5.74, 6) is 0.929. The van der Waals surface area contributed by atoms with Crippen LogP contribution in [-0.2, 0) is 11.4 Å². The van der Waals surface area contributed by atoms with Gasteiger partial charge in [-0.15, -0.1) is 0 Å². The van der Waals surface area contributed by atoms with Gasteiger partial charge in [0.15, 0.2) is 16.6 Å². The van der Waals surface area contributed by atoms with Crippen LogP contribution in [0.4, 0.5) is 0 Å². The molecule has 3 rings (SSSR count). The molecular formula is C21H19N3O3S. The van der Waals surface area contributed by atoms with Gasteiger partial charge in [-0.3, -0.25) is 9.69 Å². The van der Waals surface area contributed by atoms with E-state index in [1.807, 2.05) is 31.2 Å². The van der Waals surface area contributed by atoms with Crippen LogP contribution in [0.5, 0.6) is 11.5 Å². The van der Waals surface area contributed by atoms with Gasteiger partial charge in [0.1, 0.15) is 12.3 Å². The summed E-state index contributed by atoms with van der Waals surface area (Å²) in [4.78, 5) is 13.8. The minimum atomic E-state index is -0.153. The lowest BCUT2D eigenvalue weighted by Gasteiger charge is -2.12. The van der Waals surface area contributed by atoms with Gasteiger partial charge in [0.05, 0.1) is 18.7 Å². The van der Waals surface area contributed by atoms with E-state index in [-0.39, 0.29) is 12.5 Å². The maximum absolute atomic E-state index is 12.3. The number of nitriles is 1. The molecule has 28 heavy (non-hydrogen) atoms. The zero-order chi connectivity index (χ0) is 20.1. The highest BCUT2D eigenvalue weighted by Crippen LogP contribution is 2.30. The number of ether oxygens (including phenoxy) is 2. The van der Waals surface area contributed by atoms with E-state index in [4.69, 9.17) is 21.7 Å². The van der Waals surface area contributed by atoms with Crippen molar-refractivity contribution in [2.24, 2.45) is 0 Å². The molecule has 1 amide bonds. The van der Waals surface area contributed by atoms with Crippen molar-refractivity contribution in [2.75, 3.05) is 13.7 Å². The van der Waals surface area contributed by atoms with Gasteiger partial charge in [-0.05, 0) is 49.0 Å². The van der Waals surface area contributed by atoms with Crippen LogP contribution in [-0.4, -0.2) is 29.6 Å². The Balaban J connectivity index is 1.79. The summed E-state index contributed by atoms with van der Waals surface area (Å²) in [5.41, 5.74) is 2.57. The van der Waals surface area contributed by atoms with E-state index < -0.39 is 0 Å². The number of nitrogens with one attached hydrogen (secondary N) is 1. The number of hydrogen-bond acceptors (Lipinski definition) is 5. The number of methoxy groups -OCH3 is 1. The highest BCUT2D eigenvalue weighted by molar-refractivity contribution is 7.80. The molecule has 0 radical (unpaired) electrons.